The lowest BCUT2D eigenvalue weighted by Crippen LogP contribution is -2.38. The second-order valence-corrected chi connectivity index (χ2v) is 4.02. The number of alkyl halides is 1. The van der Waals surface area contributed by atoms with E-state index in [-0.39, 0.29) is 24.7 Å². The lowest BCUT2D eigenvalue weighted by Gasteiger charge is -2.13. The van der Waals surface area contributed by atoms with Crippen LogP contribution in [0.2, 0.25) is 0 Å². The van der Waals surface area contributed by atoms with E-state index in [2.05, 4.69) is 5.32 Å². The Bertz CT molecular complexity index is 229. The molecule has 1 saturated heterocycles. The zero-order valence-electron chi connectivity index (χ0n) is 9.73. The molecule has 1 aliphatic rings. The Balaban J connectivity index is 2.22. The van der Waals surface area contributed by atoms with Crippen molar-refractivity contribution in [2.45, 2.75) is 44.8 Å². The van der Waals surface area contributed by atoms with E-state index in [0.717, 1.165) is 0 Å². The minimum atomic E-state index is -0.957. The highest BCUT2D eigenvalue weighted by atomic mass is 35.5. The van der Waals surface area contributed by atoms with E-state index in [1.807, 2.05) is 13.8 Å². The second kappa shape index (κ2) is 6.39. The number of carbonyl (C=O) groups is 1. The molecule has 0 spiro atoms. The van der Waals surface area contributed by atoms with E-state index in [9.17, 15) is 4.79 Å². The molecule has 0 radical (unpaired) electrons. The van der Waals surface area contributed by atoms with E-state index in [4.69, 9.17) is 25.8 Å². The molecule has 94 valence electrons. The molecule has 0 aromatic heterocycles. The first-order valence-electron chi connectivity index (χ1n) is 5.39. The largest absolute Gasteiger partial charge is 0.354 e. The van der Waals surface area contributed by atoms with Gasteiger partial charge in [-0.05, 0) is 20.8 Å². The second-order valence-electron chi connectivity index (χ2n) is 3.63. The van der Waals surface area contributed by atoms with E-state index < -0.39 is 11.9 Å². The summed E-state index contributed by atoms with van der Waals surface area (Å²) in [5.41, 5.74) is -0.957. The molecule has 1 N–H and O–H groups in total. The summed E-state index contributed by atoms with van der Waals surface area (Å²) in [6.45, 7) is 6.30. The molecule has 5 nitrogen and oxygen atoms in total. The summed E-state index contributed by atoms with van der Waals surface area (Å²) < 4.78 is 15.8. The minimum absolute atomic E-state index is 0.0422. The van der Waals surface area contributed by atoms with Gasteiger partial charge in [-0.25, -0.2) is 0 Å². The first kappa shape index (κ1) is 13.7. The molecule has 1 rings (SSSR count). The molecule has 1 heterocycles. The minimum Gasteiger partial charge on any atom is -0.354 e. The predicted octanol–water partition coefficient (Wildman–Crippen LogP) is 0.854. The Labute approximate surface area is 100 Å². The van der Waals surface area contributed by atoms with Crippen molar-refractivity contribution in [1.82, 2.24) is 5.32 Å². The highest BCUT2D eigenvalue weighted by Gasteiger charge is 2.30. The molecule has 6 heteroatoms. The number of carbonyl (C=O) groups excluding carboxylic acids is 1. The zero-order valence-corrected chi connectivity index (χ0v) is 10.5. The smallest absolute Gasteiger partial charge is 0.264 e. The van der Waals surface area contributed by atoms with Gasteiger partial charge in [-0.3, -0.25) is 4.79 Å². The van der Waals surface area contributed by atoms with Gasteiger partial charge in [-0.15, -0.1) is 0 Å². The van der Waals surface area contributed by atoms with Gasteiger partial charge in [0.15, 0.2) is 6.29 Å². The van der Waals surface area contributed by atoms with Crippen LogP contribution in [-0.4, -0.2) is 43.1 Å². The van der Waals surface area contributed by atoms with Crippen LogP contribution in [0.1, 0.15) is 20.8 Å². The van der Waals surface area contributed by atoms with Crippen molar-refractivity contribution in [3.63, 3.8) is 0 Å². The third-order valence-electron chi connectivity index (χ3n) is 2.36. The molecule has 1 fully saturated rings. The van der Waals surface area contributed by atoms with Gasteiger partial charge in [-0.2, -0.15) is 0 Å². The molecular formula is C10H18ClNO4. The van der Waals surface area contributed by atoms with E-state index in [0.29, 0.717) is 6.61 Å². The van der Waals surface area contributed by atoms with Gasteiger partial charge >= 0.3 is 0 Å². The fraction of sp³-hybridized carbons (Fsp3) is 0.900. The van der Waals surface area contributed by atoms with Crippen molar-refractivity contribution in [3.8, 4) is 0 Å². The van der Waals surface area contributed by atoms with Crippen molar-refractivity contribution >= 4 is 17.5 Å². The molecule has 3 atom stereocenters. The van der Waals surface area contributed by atoms with Crippen LogP contribution >= 0.6 is 11.6 Å². The van der Waals surface area contributed by atoms with Crippen molar-refractivity contribution in [1.29, 1.82) is 0 Å². The van der Waals surface area contributed by atoms with Crippen molar-refractivity contribution in [2.24, 2.45) is 0 Å². The van der Waals surface area contributed by atoms with Crippen LogP contribution in [0.4, 0.5) is 0 Å². The lowest BCUT2D eigenvalue weighted by atomic mass is 10.3. The Morgan fingerprint density at radius 3 is 2.50 bits per heavy atom. The Morgan fingerprint density at radius 1 is 1.44 bits per heavy atom. The van der Waals surface area contributed by atoms with Crippen LogP contribution < -0.4 is 5.32 Å². The van der Waals surface area contributed by atoms with Gasteiger partial charge in [0.2, 0.25) is 5.56 Å². The highest BCUT2D eigenvalue weighted by Crippen LogP contribution is 2.17. The summed E-state index contributed by atoms with van der Waals surface area (Å²) in [7, 11) is 0. The van der Waals surface area contributed by atoms with E-state index >= 15 is 0 Å². The maximum Gasteiger partial charge on any atom is 0.264 e. The summed E-state index contributed by atoms with van der Waals surface area (Å²) in [5.74, 6) is -0.372. The number of ether oxygens (including phenoxy) is 3. The average Bonchev–Trinajstić information content (AvgIpc) is 2.55. The van der Waals surface area contributed by atoms with Crippen molar-refractivity contribution < 1.29 is 19.0 Å². The maximum atomic E-state index is 11.4. The molecule has 16 heavy (non-hydrogen) atoms. The number of nitrogens with one attached hydrogen (secondary N) is 1. The average molecular weight is 252 g/mol. The van der Waals surface area contributed by atoms with Gasteiger partial charge in [0.05, 0.1) is 18.8 Å². The maximum absolute atomic E-state index is 11.4. The highest BCUT2D eigenvalue weighted by molar-refractivity contribution is 6.29. The van der Waals surface area contributed by atoms with Crippen LogP contribution in [0, 0.1) is 0 Å². The van der Waals surface area contributed by atoms with Gasteiger partial charge in [0, 0.05) is 6.61 Å². The molecule has 3 unspecified atom stereocenters. The number of hydrogen-bond donors (Lipinski definition) is 1. The van der Waals surface area contributed by atoms with Gasteiger partial charge in [0.25, 0.3) is 5.91 Å². The first-order chi connectivity index (χ1) is 7.54. The number of rotatable bonds is 5. The monoisotopic (exact) mass is 251 g/mol. The van der Waals surface area contributed by atoms with Gasteiger partial charge in [0.1, 0.15) is 0 Å². The first-order valence-corrected chi connectivity index (χ1v) is 5.82. The SMILES string of the molecule is CCOC(Cl)C(=O)NCC1OC(C)C(C)O1. The fourth-order valence-electron chi connectivity index (χ4n) is 1.31. The van der Waals surface area contributed by atoms with Gasteiger partial charge < -0.3 is 19.5 Å². The Hall–Kier alpha value is -0.360. The third kappa shape index (κ3) is 3.90. The Kier molecular flexibility index (Phi) is 5.48. The number of hydrogen-bond acceptors (Lipinski definition) is 4. The number of amides is 1. The normalized spacial score (nSPS) is 31.4. The summed E-state index contributed by atoms with van der Waals surface area (Å²) in [6, 6.07) is 0. The molecule has 0 bridgehead atoms. The zero-order chi connectivity index (χ0) is 12.1. The van der Waals surface area contributed by atoms with Gasteiger partial charge in [-0.1, -0.05) is 11.6 Å². The van der Waals surface area contributed by atoms with Crippen LogP contribution in [0.15, 0.2) is 0 Å². The topological polar surface area (TPSA) is 56.8 Å². The molecule has 1 amide bonds. The lowest BCUT2D eigenvalue weighted by molar-refractivity contribution is -0.130. The van der Waals surface area contributed by atoms with E-state index in [1.54, 1.807) is 6.92 Å². The van der Waals surface area contributed by atoms with Crippen molar-refractivity contribution in [3.05, 3.63) is 0 Å². The molecule has 0 aromatic rings. The Morgan fingerprint density at radius 2 is 2.00 bits per heavy atom. The van der Waals surface area contributed by atoms with Crippen LogP contribution in [0.3, 0.4) is 0 Å². The molecule has 0 aliphatic carbocycles. The molecule has 0 saturated carbocycles. The summed E-state index contributed by atoms with van der Waals surface area (Å²) in [5, 5.41) is 2.60. The van der Waals surface area contributed by atoms with E-state index in [1.165, 1.54) is 0 Å². The van der Waals surface area contributed by atoms with Crippen LogP contribution in [0.5, 0.6) is 0 Å². The predicted molar refractivity (Wildman–Crippen MR) is 59.2 cm³/mol. The van der Waals surface area contributed by atoms with Crippen LogP contribution in [0.25, 0.3) is 0 Å². The number of halogens is 1. The summed E-state index contributed by atoms with van der Waals surface area (Å²) in [6.07, 6.45) is -0.319. The molecule has 1 aliphatic heterocycles. The summed E-state index contributed by atoms with van der Waals surface area (Å²) >= 11 is 5.66. The third-order valence-corrected chi connectivity index (χ3v) is 2.68. The quantitative estimate of drug-likeness (QED) is 0.737. The summed E-state index contributed by atoms with van der Waals surface area (Å²) in [4.78, 5) is 11.4. The molecule has 0 aromatic carbocycles. The van der Waals surface area contributed by atoms with Crippen LogP contribution in [-0.2, 0) is 19.0 Å². The molecular weight excluding hydrogens is 234 g/mol. The van der Waals surface area contributed by atoms with Crippen molar-refractivity contribution in [2.75, 3.05) is 13.2 Å². The standard InChI is InChI=1S/C10H18ClNO4/c1-4-14-9(11)10(13)12-5-8-15-6(2)7(3)16-8/h6-9H,4-5H2,1-3H3,(H,12,13). The fourth-order valence-corrected chi connectivity index (χ4v) is 1.52.